The van der Waals surface area contributed by atoms with Crippen molar-refractivity contribution < 1.29 is 17.9 Å². The molecule has 0 aliphatic heterocycles. The maximum absolute atomic E-state index is 12.3. The fraction of sp³-hybridized carbons (Fsp3) is 0.0500. The van der Waals surface area contributed by atoms with Crippen LogP contribution in [0.2, 0.25) is 0 Å². The Kier molecular flexibility index (Phi) is 5.25. The summed E-state index contributed by atoms with van der Waals surface area (Å²) in [5.74, 6) is 1.03. The summed E-state index contributed by atoms with van der Waals surface area (Å²) < 4.78 is 28.3. The van der Waals surface area contributed by atoms with E-state index in [4.69, 9.17) is 9.88 Å². The molecule has 3 rings (SSSR count). The quantitative estimate of drug-likeness (QED) is 0.703. The van der Waals surface area contributed by atoms with Crippen molar-refractivity contribution in [2.75, 3.05) is 5.32 Å². The molecule has 3 aromatic rings. The van der Waals surface area contributed by atoms with E-state index in [0.29, 0.717) is 17.0 Å². The largest absolute Gasteiger partial charge is 0.457 e. The first-order valence-electron chi connectivity index (χ1n) is 8.10. The smallest absolute Gasteiger partial charge is 0.255 e. The molecule has 0 radical (unpaired) electrons. The predicted octanol–water partition coefficient (Wildman–Crippen LogP) is 3.69. The molecule has 0 bridgehead atoms. The van der Waals surface area contributed by atoms with Crippen molar-refractivity contribution in [3.05, 3.63) is 83.9 Å². The van der Waals surface area contributed by atoms with Crippen LogP contribution in [0.1, 0.15) is 15.9 Å². The van der Waals surface area contributed by atoms with Crippen LogP contribution in [0.4, 0.5) is 5.69 Å². The lowest BCUT2D eigenvalue weighted by molar-refractivity contribution is 0.102. The highest BCUT2D eigenvalue weighted by Crippen LogP contribution is 2.23. The topological polar surface area (TPSA) is 98.5 Å². The van der Waals surface area contributed by atoms with E-state index in [0.717, 1.165) is 11.3 Å². The average molecular weight is 382 g/mol. The summed E-state index contributed by atoms with van der Waals surface area (Å²) in [4.78, 5) is 12.3. The number of primary sulfonamides is 1. The number of nitrogens with one attached hydrogen (secondary N) is 1. The normalized spacial score (nSPS) is 11.0. The number of ether oxygens (including phenoxy) is 1. The van der Waals surface area contributed by atoms with Crippen LogP contribution in [0.25, 0.3) is 0 Å². The first kappa shape index (κ1) is 18.6. The highest BCUT2D eigenvalue weighted by Gasteiger charge is 2.10. The second-order valence-corrected chi connectivity index (χ2v) is 7.53. The Hall–Kier alpha value is -3.16. The standard InChI is InChI=1S/C20H18N2O4S/c1-14-3-2-4-18(13-14)26-17-9-5-15(6-10-17)20(23)22-16-7-11-19(12-8-16)27(21,24)25/h2-13H,1H3,(H,22,23)(H2,21,24,25). The number of anilines is 1. The summed E-state index contributed by atoms with van der Waals surface area (Å²) >= 11 is 0. The molecule has 0 saturated carbocycles. The van der Waals surface area contributed by atoms with E-state index >= 15 is 0 Å². The number of nitrogens with two attached hydrogens (primary N) is 1. The fourth-order valence-corrected chi connectivity index (χ4v) is 2.94. The molecule has 1 amide bonds. The van der Waals surface area contributed by atoms with Crippen molar-refractivity contribution in [2.45, 2.75) is 11.8 Å². The van der Waals surface area contributed by atoms with E-state index in [1.165, 1.54) is 24.3 Å². The van der Waals surface area contributed by atoms with Gasteiger partial charge in [-0.1, -0.05) is 12.1 Å². The maximum atomic E-state index is 12.3. The fourth-order valence-electron chi connectivity index (χ4n) is 2.42. The SMILES string of the molecule is Cc1cccc(Oc2ccc(C(=O)Nc3ccc(S(N)(=O)=O)cc3)cc2)c1. The number of carbonyl (C=O) groups excluding carboxylic acids is 1. The van der Waals surface area contributed by atoms with Gasteiger partial charge in [0.05, 0.1) is 4.90 Å². The van der Waals surface area contributed by atoms with Gasteiger partial charge in [0.15, 0.2) is 0 Å². The van der Waals surface area contributed by atoms with Crippen LogP contribution in [0.15, 0.2) is 77.7 Å². The maximum Gasteiger partial charge on any atom is 0.255 e. The van der Waals surface area contributed by atoms with Gasteiger partial charge in [0.25, 0.3) is 5.91 Å². The number of carbonyl (C=O) groups is 1. The zero-order chi connectivity index (χ0) is 19.4. The Balaban J connectivity index is 1.67. The van der Waals surface area contributed by atoms with E-state index < -0.39 is 10.0 Å². The lowest BCUT2D eigenvalue weighted by Gasteiger charge is -2.08. The van der Waals surface area contributed by atoms with Gasteiger partial charge >= 0.3 is 0 Å². The zero-order valence-electron chi connectivity index (χ0n) is 14.5. The number of aryl methyl sites for hydroxylation is 1. The van der Waals surface area contributed by atoms with Gasteiger partial charge in [0, 0.05) is 11.3 Å². The second kappa shape index (κ2) is 7.61. The Morgan fingerprint density at radius 2 is 1.59 bits per heavy atom. The third-order valence-corrected chi connectivity index (χ3v) is 4.71. The molecule has 27 heavy (non-hydrogen) atoms. The summed E-state index contributed by atoms with van der Waals surface area (Å²) in [6.07, 6.45) is 0. The van der Waals surface area contributed by atoms with E-state index in [9.17, 15) is 13.2 Å². The molecular formula is C20H18N2O4S. The van der Waals surface area contributed by atoms with Crippen LogP contribution in [-0.2, 0) is 10.0 Å². The van der Waals surface area contributed by atoms with Crippen LogP contribution >= 0.6 is 0 Å². The van der Waals surface area contributed by atoms with Crippen LogP contribution in [0.5, 0.6) is 11.5 Å². The van der Waals surface area contributed by atoms with Crippen LogP contribution < -0.4 is 15.2 Å². The van der Waals surface area contributed by atoms with Crippen molar-refractivity contribution in [3.8, 4) is 11.5 Å². The minimum absolute atomic E-state index is 0.0156. The van der Waals surface area contributed by atoms with Crippen LogP contribution in [0.3, 0.4) is 0 Å². The van der Waals surface area contributed by atoms with Gasteiger partial charge in [-0.15, -0.1) is 0 Å². The monoisotopic (exact) mass is 382 g/mol. The van der Waals surface area contributed by atoms with Crippen molar-refractivity contribution in [3.63, 3.8) is 0 Å². The molecule has 138 valence electrons. The molecule has 0 fully saturated rings. The van der Waals surface area contributed by atoms with E-state index in [2.05, 4.69) is 5.32 Å². The molecule has 7 heteroatoms. The lowest BCUT2D eigenvalue weighted by atomic mass is 10.2. The number of benzene rings is 3. The van der Waals surface area contributed by atoms with Gasteiger partial charge < -0.3 is 10.1 Å². The van der Waals surface area contributed by atoms with Crippen molar-refractivity contribution >= 4 is 21.6 Å². The summed E-state index contributed by atoms with van der Waals surface area (Å²) in [6, 6.07) is 20.0. The molecule has 0 aliphatic rings. The van der Waals surface area contributed by atoms with Gasteiger partial charge in [-0.3, -0.25) is 4.79 Å². The molecule has 0 atom stereocenters. The molecule has 6 nitrogen and oxygen atoms in total. The molecule has 0 aromatic heterocycles. The van der Waals surface area contributed by atoms with Gasteiger partial charge in [0.2, 0.25) is 10.0 Å². The highest BCUT2D eigenvalue weighted by atomic mass is 32.2. The average Bonchev–Trinajstić information content (AvgIpc) is 2.62. The number of rotatable bonds is 5. The van der Waals surface area contributed by atoms with E-state index in [1.807, 2.05) is 31.2 Å². The van der Waals surface area contributed by atoms with Crippen molar-refractivity contribution in [2.24, 2.45) is 5.14 Å². The van der Waals surface area contributed by atoms with Gasteiger partial charge in [-0.25, -0.2) is 13.6 Å². The van der Waals surface area contributed by atoms with Gasteiger partial charge in [-0.05, 0) is 73.2 Å². The summed E-state index contributed by atoms with van der Waals surface area (Å²) in [5, 5.41) is 7.75. The molecule has 0 unspecified atom stereocenters. The molecule has 3 N–H and O–H groups in total. The zero-order valence-corrected chi connectivity index (χ0v) is 15.4. The van der Waals surface area contributed by atoms with Crippen LogP contribution in [0, 0.1) is 6.92 Å². The Labute approximate surface area is 157 Å². The first-order chi connectivity index (χ1) is 12.8. The van der Waals surface area contributed by atoms with E-state index in [-0.39, 0.29) is 10.8 Å². The number of hydrogen-bond acceptors (Lipinski definition) is 4. The van der Waals surface area contributed by atoms with Gasteiger partial charge in [-0.2, -0.15) is 0 Å². The molecular weight excluding hydrogens is 364 g/mol. The Morgan fingerprint density at radius 3 is 2.19 bits per heavy atom. The second-order valence-electron chi connectivity index (χ2n) is 5.97. The lowest BCUT2D eigenvalue weighted by Crippen LogP contribution is -2.13. The number of sulfonamides is 1. The van der Waals surface area contributed by atoms with Crippen molar-refractivity contribution in [1.29, 1.82) is 0 Å². The first-order valence-corrected chi connectivity index (χ1v) is 9.65. The molecule has 0 spiro atoms. The third kappa shape index (κ3) is 4.93. The summed E-state index contributed by atoms with van der Waals surface area (Å²) in [5.41, 5.74) is 2.01. The van der Waals surface area contributed by atoms with E-state index in [1.54, 1.807) is 24.3 Å². The summed E-state index contributed by atoms with van der Waals surface area (Å²) in [7, 11) is -3.76. The number of hydrogen-bond donors (Lipinski definition) is 2. The molecule has 0 aliphatic carbocycles. The predicted molar refractivity (Wildman–Crippen MR) is 103 cm³/mol. The minimum Gasteiger partial charge on any atom is -0.457 e. The van der Waals surface area contributed by atoms with Crippen molar-refractivity contribution in [1.82, 2.24) is 0 Å². The third-order valence-electron chi connectivity index (χ3n) is 3.78. The Bertz CT molecular complexity index is 1060. The van der Waals surface area contributed by atoms with Gasteiger partial charge in [0.1, 0.15) is 11.5 Å². The number of amides is 1. The highest BCUT2D eigenvalue weighted by molar-refractivity contribution is 7.89. The molecule has 3 aromatic carbocycles. The molecule has 0 saturated heterocycles. The Morgan fingerprint density at radius 1 is 0.926 bits per heavy atom. The minimum atomic E-state index is -3.76. The summed E-state index contributed by atoms with van der Waals surface area (Å²) in [6.45, 7) is 1.98. The van der Waals surface area contributed by atoms with Crippen LogP contribution in [-0.4, -0.2) is 14.3 Å². The molecule has 0 heterocycles.